The number of nitrogens with zero attached hydrogens (tertiary/aromatic N) is 2. The SMILES string of the molecule is CC[C@H](C(=O)NC1CCCC1)N(Cc1cccc(C)c1)C(=O)CCCN(c1ccc(Cl)cc1)S(C)(=O)=O. The van der Waals surface area contributed by atoms with Crippen LogP contribution in [0.15, 0.2) is 48.5 Å². The minimum absolute atomic E-state index is 0.116. The Morgan fingerprint density at radius 3 is 2.38 bits per heavy atom. The topological polar surface area (TPSA) is 86.8 Å². The van der Waals surface area contributed by atoms with Crippen molar-refractivity contribution in [2.24, 2.45) is 0 Å². The van der Waals surface area contributed by atoms with Crippen molar-refractivity contribution in [2.75, 3.05) is 17.1 Å². The minimum Gasteiger partial charge on any atom is -0.352 e. The molecule has 0 radical (unpaired) electrons. The highest BCUT2D eigenvalue weighted by Crippen LogP contribution is 2.23. The second-order valence-electron chi connectivity index (χ2n) is 9.84. The third-order valence-electron chi connectivity index (χ3n) is 6.79. The molecule has 0 saturated heterocycles. The summed E-state index contributed by atoms with van der Waals surface area (Å²) >= 11 is 5.96. The van der Waals surface area contributed by atoms with Crippen molar-refractivity contribution < 1.29 is 18.0 Å². The Labute approximate surface area is 226 Å². The highest BCUT2D eigenvalue weighted by Gasteiger charge is 2.30. The van der Waals surface area contributed by atoms with Crippen LogP contribution < -0.4 is 9.62 Å². The van der Waals surface area contributed by atoms with Gasteiger partial charge in [0.2, 0.25) is 21.8 Å². The monoisotopic (exact) mass is 547 g/mol. The van der Waals surface area contributed by atoms with Gasteiger partial charge in [0, 0.05) is 30.6 Å². The molecule has 0 aromatic heterocycles. The molecule has 37 heavy (non-hydrogen) atoms. The predicted octanol–water partition coefficient (Wildman–Crippen LogP) is 5.06. The standard InChI is InChI=1S/C28H38ClN3O4S/c1-4-26(28(34)30-24-11-5-6-12-24)31(20-22-10-7-9-21(2)19-22)27(33)13-8-18-32(37(3,35)36)25-16-14-23(29)15-17-25/h7,9-10,14-17,19,24,26H,4-6,8,11-13,18,20H2,1-3H3,(H,30,34)/t26-/m1/s1. The molecule has 0 unspecified atom stereocenters. The molecule has 2 amide bonds. The summed E-state index contributed by atoms with van der Waals surface area (Å²) in [5, 5.41) is 3.67. The number of carbonyl (C=O) groups excluding carboxylic acids is 2. The number of halogens is 1. The molecule has 7 nitrogen and oxygen atoms in total. The summed E-state index contributed by atoms with van der Waals surface area (Å²) in [5.74, 6) is -0.284. The number of amides is 2. The molecule has 0 heterocycles. The van der Waals surface area contributed by atoms with E-state index in [4.69, 9.17) is 11.6 Å². The summed E-state index contributed by atoms with van der Waals surface area (Å²) in [7, 11) is -3.55. The van der Waals surface area contributed by atoms with E-state index < -0.39 is 16.1 Å². The average molecular weight is 548 g/mol. The van der Waals surface area contributed by atoms with E-state index in [1.54, 1.807) is 29.2 Å². The zero-order valence-electron chi connectivity index (χ0n) is 22.0. The van der Waals surface area contributed by atoms with Gasteiger partial charge in [-0.05, 0) is 62.4 Å². The number of hydrogen-bond acceptors (Lipinski definition) is 4. The molecule has 2 aromatic carbocycles. The molecule has 0 bridgehead atoms. The van der Waals surface area contributed by atoms with Gasteiger partial charge in [0.15, 0.2) is 0 Å². The number of carbonyl (C=O) groups is 2. The van der Waals surface area contributed by atoms with Crippen molar-refractivity contribution in [3.05, 3.63) is 64.7 Å². The first kappa shape index (κ1) is 29.0. The molecule has 1 fully saturated rings. The molecular formula is C28H38ClN3O4S. The molecule has 1 aliphatic rings. The Kier molecular flexibility index (Phi) is 10.4. The molecule has 2 aromatic rings. The predicted molar refractivity (Wildman–Crippen MR) is 149 cm³/mol. The van der Waals surface area contributed by atoms with Crippen LogP contribution >= 0.6 is 11.6 Å². The Balaban J connectivity index is 1.75. The second kappa shape index (κ2) is 13.3. The van der Waals surface area contributed by atoms with E-state index in [2.05, 4.69) is 5.32 Å². The minimum atomic E-state index is -3.55. The zero-order chi connectivity index (χ0) is 27.0. The van der Waals surface area contributed by atoms with Crippen LogP contribution in [-0.2, 0) is 26.2 Å². The van der Waals surface area contributed by atoms with Crippen molar-refractivity contribution in [3.63, 3.8) is 0 Å². The van der Waals surface area contributed by atoms with Crippen LogP contribution in [0.25, 0.3) is 0 Å². The van der Waals surface area contributed by atoms with Gasteiger partial charge in [0.05, 0.1) is 11.9 Å². The van der Waals surface area contributed by atoms with Gasteiger partial charge in [0.25, 0.3) is 0 Å². The van der Waals surface area contributed by atoms with Crippen LogP contribution in [0.2, 0.25) is 5.02 Å². The first-order valence-electron chi connectivity index (χ1n) is 13.0. The fourth-order valence-electron chi connectivity index (χ4n) is 4.91. The van der Waals surface area contributed by atoms with E-state index in [1.165, 1.54) is 4.31 Å². The van der Waals surface area contributed by atoms with E-state index in [1.807, 2.05) is 38.1 Å². The molecule has 1 saturated carbocycles. The smallest absolute Gasteiger partial charge is 0.243 e. The van der Waals surface area contributed by atoms with Crippen molar-refractivity contribution in [3.8, 4) is 0 Å². The maximum Gasteiger partial charge on any atom is 0.243 e. The Bertz CT molecular complexity index is 1160. The highest BCUT2D eigenvalue weighted by molar-refractivity contribution is 7.92. The maximum atomic E-state index is 13.5. The van der Waals surface area contributed by atoms with Crippen LogP contribution in [0, 0.1) is 6.92 Å². The lowest BCUT2D eigenvalue weighted by Gasteiger charge is -2.32. The Morgan fingerprint density at radius 2 is 1.78 bits per heavy atom. The average Bonchev–Trinajstić information content (AvgIpc) is 3.34. The van der Waals surface area contributed by atoms with Gasteiger partial charge in [-0.25, -0.2) is 8.42 Å². The highest BCUT2D eigenvalue weighted by atomic mass is 35.5. The summed E-state index contributed by atoms with van der Waals surface area (Å²) in [6.45, 7) is 4.39. The fourth-order valence-corrected chi connectivity index (χ4v) is 6.00. The summed E-state index contributed by atoms with van der Waals surface area (Å²) in [6, 6.07) is 14.1. The molecule has 1 aliphatic carbocycles. The normalized spacial score (nSPS) is 14.8. The number of hydrogen-bond donors (Lipinski definition) is 1. The number of sulfonamides is 1. The van der Waals surface area contributed by atoms with E-state index in [9.17, 15) is 18.0 Å². The van der Waals surface area contributed by atoms with Crippen molar-refractivity contribution in [1.29, 1.82) is 0 Å². The Hall–Kier alpha value is -2.58. The van der Waals surface area contributed by atoms with Crippen LogP contribution in [0.4, 0.5) is 5.69 Å². The van der Waals surface area contributed by atoms with Crippen LogP contribution in [0.1, 0.15) is 63.0 Å². The first-order valence-corrected chi connectivity index (χ1v) is 15.2. The number of aryl methyl sites for hydroxylation is 1. The number of rotatable bonds is 12. The van der Waals surface area contributed by atoms with Gasteiger partial charge < -0.3 is 10.2 Å². The van der Waals surface area contributed by atoms with Gasteiger partial charge in [-0.1, -0.05) is 61.2 Å². The summed E-state index contributed by atoms with van der Waals surface area (Å²) < 4.78 is 26.2. The number of anilines is 1. The second-order valence-corrected chi connectivity index (χ2v) is 12.2. The van der Waals surface area contributed by atoms with Crippen molar-refractivity contribution in [2.45, 2.75) is 77.4 Å². The Morgan fingerprint density at radius 1 is 1.11 bits per heavy atom. The van der Waals surface area contributed by atoms with Crippen LogP contribution in [0.5, 0.6) is 0 Å². The molecule has 202 valence electrons. The molecule has 1 atom stereocenters. The number of benzene rings is 2. The van der Waals surface area contributed by atoms with Gasteiger partial charge >= 0.3 is 0 Å². The van der Waals surface area contributed by atoms with Gasteiger partial charge in [0.1, 0.15) is 6.04 Å². The number of nitrogens with one attached hydrogen (secondary N) is 1. The summed E-state index contributed by atoms with van der Waals surface area (Å²) in [6.07, 6.45) is 6.25. The van der Waals surface area contributed by atoms with Crippen molar-refractivity contribution in [1.82, 2.24) is 10.2 Å². The van der Waals surface area contributed by atoms with Crippen LogP contribution in [-0.4, -0.2) is 50.0 Å². The molecule has 1 N–H and O–H groups in total. The molecule has 3 rings (SSSR count). The summed E-state index contributed by atoms with van der Waals surface area (Å²) in [5.41, 5.74) is 2.54. The third-order valence-corrected chi connectivity index (χ3v) is 8.24. The van der Waals surface area contributed by atoms with Crippen LogP contribution in [0.3, 0.4) is 0 Å². The fraction of sp³-hybridized carbons (Fsp3) is 0.500. The lowest BCUT2D eigenvalue weighted by atomic mass is 10.1. The summed E-state index contributed by atoms with van der Waals surface area (Å²) in [4.78, 5) is 28.5. The lowest BCUT2D eigenvalue weighted by Crippen LogP contribution is -2.51. The largest absolute Gasteiger partial charge is 0.352 e. The van der Waals surface area contributed by atoms with Gasteiger partial charge in [-0.2, -0.15) is 0 Å². The van der Waals surface area contributed by atoms with Gasteiger partial charge in [-0.15, -0.1) is 0 Å². The van der Waals surface area contributed by atoms with E-state index in [-0.39, 0.29) is 30.8 Å². The molecule has 0 spiro atoms. The first-order chi connectivity index (χ1) is 17.6. The quantitative estimate of drug-likeness (QED) is 0.402. The van der Waals surface area contributed by atoms with Crippen molar-refractivity contribution >= 4 is 39.1 Å². The molecule has 0 aliphatic heterocycles. The van der Waals surface area contributed by atoms with Gasteiger partial charge in [-0.3, -0.25) is 13.9 Å². The van der Waals surface area contributed by atoms with E-state index in [0.29, 0.717) is 30.1 Å². The zero-order valence-corrected chi connectivity index (χ0v) is 23.5. The van der Waals surface area contributed by atoms with E-state index in [0.717, 1.165) is 43.1 Å². The third kappa shape index (κ3) is 8.47. The maximum absolute atomic E-state index is 13.5. The lowest BCUT2D eigenvalue weighted by molar-refractivity contribution is -0.141. The molecule has 9 heteroatoms. The molecular weight excluding hydrogens is 510 g/mol. The van der Waals surface area contributed by atoms with E-state index >= 15 is 0 Å².